The number of benzene rings is 2. The Hall–Kier alpha value is -3.48. The first-order chi connectivity index (χ1) is 13.3. The Kier molecular flexibility index (Phi) is 4.91. The molecule has 0 radical (unpaired) electrons. The molecule has 0 aliphatic carbocycles. The van der Waals surface area contributed by atoms with Crippen LogP contribution in [0.5, 0.6) is 11.5 Å². The van der Waals surface area contributed by atoms with Crippen molar-refractivity contribution in [1.82, 2.24) is 20.2 Å². The number of nitrogens with zero attached hydrogens (tertiary/aromatic N) is 2. The lowest BCUT2D eigenvalue weighted by molar-refractivity contribution is 0.174. The number of hydrogen-bond acceptors (Lipinski definition) is 4. The number of amides is 2. The molecule has 1 aliphatic rings. The van der Waals surface area contributed by atoms with E-state index < -0.39 is 0 Å². The van der Waals surface area contributed by atoms with E-state index in [1.54, 1.807) is 12.5 Å². The SMILES string of the molecule is O=C(NCCc1ccc2c(c1)OCO2)NCc1ccccc1-n1ccnc1. The second-order valence-corrected chi connectivity index (χ2v) is 6.15. The van der Waals surface area contributed by atoms with Gasteiger partial charge in [-0.1, -0.05) is 24.3 Å². The lowest BCUT2D eigenvalue weighted by Gasteiger charge is -2.12. The number of ether oxygens (including phenoxy) is 2. The van der Waals surface area contributed by atoms with Crippen molar-refractivity contribution in [2.45, 2.75) is 13.0 Å². The summed E-state index contributed by atoms with van der Waals surface area (Å²) >= 11 is 0. The van der Waals surface area contributed by atoms with Crippen LogP contribution in [0.15, 0.2) is 61.2 Å². The molecule has 0 fully saturated rings. The molecule has 2 amide bonds. The van der Waals surface area contributed by atoms with Crippen molar-refractivity contribution in [1.29, 1.82) is 0 Å². The maximum Gasteiger partial charge on any atom is 0.315 e. The van der Waals surface area contributed by atoms with Gasteiger partial charge in [-0.3, -0.25) is 0 Å². The Bertz CT molecular complexity index is 925. The highest BCUT2D eigenvalue weighted by molar-refractivity contribution is 5.74. The van der Waals surface area contributed by atoms with E-state index in [-0.39, 0.29) is 12.8 Å². The summed E-state index contributed by atoms with van der Waals surface area (Å²) in [5, 5.41) is 5.78. The van der Waals surface area contributed by atoms with Crippen LogP contribution in [-0.4, -0.2) is 28.9 Å². The number of para-hydroxylation sites is 1. The molecule has 0 unspecified atom stereocenters. The van der Waals surface area contributed by atoms with E-state index in [0.717, 1.165) is 34.7 Å². The molecule has 0 atom stereocenters. The van der Waals surface area contributed by atoms with Gasteiger partial charge in [0.25, 0.3) is 0 Å². The Morgan fingerprint density at radius 1 is 1.11 bits per heavy atom. The van der Waals surface area contributed by atoms with Crippen molar-refractivity contribution in [3.63, 3.8) is 0 Å². The van der Waals surface area contributed by atoms with Gasteiger partial charge in [0.1, 0.15) is 0 Å². The van der Waals surface area contributed by atoms with Crippen LogP contribution >= 0.6 is 0 Å². The summed E-state index contributed by atoms with van der Waals surface area (Å²) in [5.41, 5.74) is 3.10. The summed E-state index contributed by atoms with van der Waals surface area (Å²) in [7, 11) is 0. The Morgan fingerprint density at radius 2 is 2.00 bits per heavy atom. The molecule has 1 aliphatic heterocycles. The zero-order valence-corrected chi connectivity index (χ0v) is 14.7. The van der Waals surface area contributed by atoms with Gasteiger partial charge in [-0.05, 0) is 35.7 Å². The lowest BCUT2D eigenvalue weighted by atomic mass is 10.1. The third-order valence-corrected chi connectivity index (χ3v) is 4.35. The number of carbonyl (C=O) groups excluding carboxylic acids is 1. The van der Waals surface area contributed by atoms with Crippen LogP contribution in [0.4, 0.5) is 4.79 Å². The smallest absolute Gasteiger partial charge is 0.315 e. The topological polar surface area (TPSA) is 77.4 Å². The third kappa shape index (κ3) is 4.03. The number of imidazole rings is 1. The van der Waals surface area contributed by atoms with Gasteiger partial charge in [0, 0.05) is 25.5 Å². The van der Waals surface area contributed by atoms with Crippen LogP contribution in [0.3, 0.4) is 0 Å². The van der Waals surface area contributed by atoms with Gasteiger partial charge in [-0.25, -0.2) is 9.78 Å². The second kappa shape index (κ2) is 7.82. The summed E-state index contributed by atoms with van der Waals surface area (Å²) < 4.78 is 12.6. The number of carbonyl (C=O) groups is 1. The maximum absolute atomic E-state index is 12.1. The van der Waals surface area contributed by atoms with Crippen LogP contribution in [0, 0.1) is 0 Å². The summed E-state index contributed by atoms with van der Waals surface area (Å²) in [6, 6.07) is 13.5. The molecule has 4 rings (SSSR count). The summed E-state index contributed by atoms with van der Waals surface area (Å²) in [6.45, 7) is 1.23. The van der Waals surface area contributed by atoms with Crippen molar-refractivity contribution in [3.8, 4) is 17.2 Å². The molecule has 138 valence electrons. The average Bonchev–Trinajstić information content (AvgIpc) is 3.38. The lowest BCUT2D eigenvalue weighted by Crippen LogP contribution is -2.36. The molecule has 0 spiro atoms. The zero-order chi connectivity index (χ0) is 18.5. The molecular weight excluding hydrogens is 344 g/mol. The average molecular weight is 364 g/mol. The largest absolute Gasteiger partial charge is 0.454 e. The normalized spacial score (nSPS) is 12.0. The van der Waals surface area contributed by atoms with Crippen molar-refractivity contribution >= 4 is 6.03 Å². The first-order valence-corrected chi connectivity index (χ1v) is 8.76. The third-order valence-electron chi connectivity index (χ3n) is 4.35. The first-order valence-electron chi connectivity index (χ1n) is 8.76. The molecule has 2 aromatic carbocycles. The van der Waals surface area contributed by atoms with Crippen LogP contribution in [0.25, 0.3) is 5.69 Å². The van der Waals surface area contributed by atoms with Crippen LogP contribution in [0.1, 0.15) is 11.1 Å². The molecular formula is C20H20N4O3. The highest BCUT2D eigenvalue weighted by Crippen LogP contribution is 2.32. The van der Waals surface area contributed by atoms with E-state index in [2.05, 4.69) is 15.6 Å². The minimum Gasteiger partial charge on any atom is -0.454 e. The molecule has 0 saturated heterocycles. The monoisotopic (exact) mass is 364 g/mol. The number of aromatic nitrogens is 2. The van der Waals surface area contributed by atoms with Gasteiger partial charge in [0.05, 0.1) is 12.0 Å². The Labute approximate surface area is 156 Å². The summed E-state index contributed by atoms with van der Waals surface area (Å²) in [6.07, 6.45) is 6.07. The van der Waals surface area contributed by atoms with Gasteiger partial charge in [-0.2, -0.15) is 0 Å². The molecule has 2 N–H and O–H groups in total. The van der Waals surface area contributed by atoms with Crippen molar-refractivity contribution in [2.75, 3.05) is 13.3 Å². The molecule has 7 nitrogen and oxygen atoms in total. The van der Waals surface area contributed by atoms with E-state index in [1.165, 1.54) is 0 Å². The fourth-order valence-electron chi connectivity index (χ4n) is 2.97. The van der Waals surface area contributed by atoms with Crippen LogP contribution in [-0.2, 0) is 13.0 Å². The second-order valence-electron chi connectivity index (χ2n) is 6.15. The van der Waals surface area contributed by atoms with E-state index in [9.17, 15) is 4.79 Å². The number of hydrogen-bond donors (Lipinski definition) is 2. The molecule has 0 bridgehead atoms. The fraction of sp³-hybridized carbons (Fsp3) is 0.200. The van der Waals surface area contributed by atoms with E-state index >= 15 is 0 Å². The van der Waals surface area contributed by atoms with Crippen molar-refractivity contribution < 1.29 is 14.3 Å². The predicted octanol–water partition coefficient (Wildman–Crippen LogP) is 2.64. The fourth-order valence-corrected chi connectivity index (χ4v) is 2.97. The van der Waals surface area contributed by atoms with E-state index in [1.807, 2.05) is 53.2 Å². The molecule has 7 heteroatoms. The number of nitrogens with one attached hydrogen (secondary N) is 2. The Morgan fingerprint density at radius 3 is 2.89 bits per heavy atom. The highest BCUT2D eigenvalue weighted by Gasteiger charge is 2.13. The molecule has 2 heterocycles. The first kappa shape index (κ1) is 17.0. The number of fused-ring (bicyclic) bond motifs is 1. The van der Waals surface area contributed by atoms with Gasteiger partial charge in [0.2, 0.25) is 6.79 Å². The minimum atomic E-state index is -0.198. The predicted molar refractivity (Wildman–Crippen MR) is 100 cm³/mol. The van der Waals surface area contributed by atoms with E-state index in [0.29, 0.717) is 13.1 Å². The highest BCUT2D eigenvalue weighted by atomic mass is 16.7. The van der Waals surface area contributed by atoms with Gasteiger partial charge < -0.3 is 24.7 Å². The van der Waals surface area contributed by atoms with Crippen LogP contribution in [0.2, 0.25) is 0 Å². The van der Waals surface area contributed by atoms with Gasteiger partial charge in [-0.15, -0.1) is 0 Å². The van der Waals surface area contributed by atoms with Crippen LogP contribution < -0.4 is 20.1 Å². The number of urea groups is 1. The van der Waals surface area contributed by atoms with Crippen molar-refractivity contribution in [3.05, 3.63) is 72.3 Å². The van der Waals surface area contributed by atoms with Gasteiger partial charge >= 0.3 is 6.03 Å². The Balaban J connectivity index is 1.27. The standard InChI is InChI=1S/C20H20N4O3/c25-20(22-8-7-15-5-6-18-19(11-15)27-14-26-18)23-12-16-3-1-2-4-17(16)24-10-9-21-13-24/h1-6,9-11,13H,7-8,12,14H2,(H2,22,23,25). The summed E-state index contributed by atoms with van der Waals surface area (Å²) in [5.74, 6) is 1.52. The molecule has 1 aromatic heterocycles. The molecule has 27 heavy (non-hydrogen) atoms. The quantitative estimate of drug-likeness (QED) is 0.705. The summed E-state index contributed by atoms with van der Waals surface area (Å²) in [4.78, 5) is 16.2. The molecule has 3 aromatic rings. The number of rotatable bonds is 6. The van der Waals surface area contributed by atoms with E-state index in [4.69, 9.17) is 9.47 Å². The van der Waals surface area contributed by atoms with Crippen molar-refractivity contribution in [2.24, 2.45) is 0 Å². The zero-order valence-electron chi connectivity index (χ0n) is 14.7. The molecule has 0 saturated carbocycles. The maximum atomic E-state index is 12.1. The minimum absolute atomic E-state index is 0.198. The van der Waals surface area contributed by atoms with Gasteiger partial charge in [0.15, 0.2) is 11.5 Å².